The average molecular weight is 272 g/mol. The van der Waals surface area contributed by atoms with Crippen LogP contribution in [0, 0.1) is 12.8 Å². The molecule has 1 saturated carbocycles. The Morgan fingerprint density at radius 3 is 2.35 bits per heavy atom. The van der Waals surface area contributed by atoms with Crippen molar-refractivity contribution in [1.29, 1.82) is 0 Å². The molecule has 0 amide bonds. The van der Waals surface area contributed by atoms with E-state index in [-0.39, 0.29) is 0 Å². The second-order valence-electron chi connectivity index (χ2n) is 5.18. The molecule has 0 radical (unpaired) electrons. The Balaban J connectivity index is 2.06. The molecule has 94 valence electrons. The standard InChI is InChI=1S/C14H19Cl2N/c1-9-3-5-11(6-4-9)17-14-8-12(15)10(2)7-13(14)16/h7-9,11,17H,3-6H2,1-2H3. The van der Waals surface area contributed by atoms with E-state index in [9.17, 15) is 0 Å². The lowest BCUT2D eigenvalue weighted by atomic mass is 9.87. The average Bonchev–Trinajstić information content (AvgIpc) is 2.29. The Morgan fingerprint density at radius 1 is 1.06 bits per heavy atom. The molecule has 1 aromatic carbocycles. The van der Waals surface area contributed by atoms with Crippen LogP contribution in [0.5, 0.6) is 0 Å². The fraction of sp³-hybridized carbons (Fsp3) is 0.571. The lowest BCUT2D eigenvalue weighted by Crippen LogP contribution is -2.25. The summed E-state index contributed by atoms with van der Waals surface area (Å²) in [4.78, 5) is 0. The van der Waals surface area contributed by atoms with Crippen LogP contribution in [-0.4, -0.2) is 6.04 Å². The molecule has 0 atom stereocenters. The van der Waals surface area contributed by atoms with Crippen LogP contribution >= 0.6 is 23.2 Å². The van der Waals surface area contributed by atoms with E-state index in [1.165, 1.54) is 25.7 Å². The lowest BCUT2D eigenvalue weighted by molar-refractivity contribution is 0.361. The molecule has 2 rings (SSSR count). The van der Waals surface area contributed by atoms with Gasteiger partial charge in [0.1, 0.15) is 0 Å². The Labute approximate surface area is 114 Å². The molecule has 3 heteroatoms. The zero-order valence-electron chi connectivity index (χ0n) is 10.4. The minimum atomic E-state index is 0.544. The fourth-order valence-electron chi connectivity index (χ4n) is 2.38. The molecule has 1 aromatic rings. The first-order valence-electron chi connectivity index (χ1n) is 6.28. The van der Waals surface area contributed by atoms with Gasteiger partial charge in [0.05, 0.1) is 10.7 Å². The second kappa shape index (κ2) is 5.49. The minimum absolute atomic E-state index is 0.544. The van der Waals surface area contributed by atoms with Crippen molar-refractivity contribution in [2.75, 3.05) is 5.32 Å². The Hall–Kier alpha value is -0.400. The van der Waals surface area contributed by atoms with Crippen molar-refractivity contribution in [1.82, 2.24) is 0 Å². The Bertz CT molecular complexity index is 395. The maximum atomic E-state index is 6.23. The van der Waals surface area contributed by atoms with Crippen molar-refractivity contribution < 1.29 is 0 Å². The van der Waals surface area contributed by atoms with Crippen LogP contribution in [0.1, 0.15) is 38.2 Å². The summed E-state index contributed by atoms with van der Waals surface area (Å²) in [5.74, 6) is 0.866. The maximum absolute atomic E-state index is 6.23. The van der Waals surface area contributed by atoms with Crippen LogP contribution in [0.25, 0.3) is 0 Å². The number of nitrogens with one attached hydrogen (secondary N) is 1. The maximum Gasteiger partial charge on any atom is 0.0641 e. The van der Waals surface area contributed by atoms with Gasteiger partial charge in [0.2, 0.25) is 0 Å². The van der Waals surface area contributed by atoms with Gasteiger partial charge in [0, 0.05) is 11.1 Å². The summed E-state index contributed by atoms with van der Waals surface area (Å²) in [7, 11) is 0. The van der Waals surface area contributed by atoms with Crippen molar-refractivity contribution in [3.63, 3.8) is 0 Å². The third-order valence-electron chi connectivity index (χ3n) is 3.62. The van der Waals surface area contributed by atoms with Crippen LogP contribution in [-0.2, 0) is 0 Å². The minimum Gasteiger partial charge on any atom is -0.381 e. The molecule has 0 heterocycles. The van der Waals surface area contributed by atoms with Crippen LogP contribution < -0.4 is 5.32 Å². The topological polar surface area (TPSA) is 12.0 Å². The zero-order valence-corrected chi connectivity index (χ0v) is 11.9. The Morgan fingerprint density at radius 2 is 1.71 bits per heavy atom. The van der Waals surface area contributed by atoms with Crippen molar-refractivity contribution in [3.05, 3.63) is 27.7 Å². The summed E-state index contributed by atoms with van der Waals surface area (Å²) in [5.41, 5.74) is 2.00. The molecule has 1 fully saturated rings. The van der Waals surface area contributed by atoms with Gasteiger partial charge in [-0.1, -0.05) is 30.1 Å². The molecule has 0 aromatic heterocycles. The molecule has 0 bridgehead atoms. The van der Waals surface area contributed by atoms with E-state index in [2.05, 4.69) is 12.2 Å². The van der Waals surface area contributed by atoms with Gasteiger partial charge in [-0.25, -0.2) is 0 Å². The third kappa shape index (κ3) is 3.29. The summed E-state index contributed by atoms with van der Waals surface area (Å²) < 4.78 is 0. The van der Waals surface area contributed by atoms with E-state index in [1.54, 1.807) is 0 Å². The predicted molar refractivity (Wildman–Crippen MR) is 76.2 cm³/mol. The molecule has 0 spiro atoms. The smallest absolute Gasteiger partial charge is 0.0641 e. The normalized spacial score (nSPS) is 24.7. The highest BCUT2D eigenvalue weighted by atomic mass is 35.5. The number of aryl methyl sites for hydroxylation is 1. The first kappa shape index (κ1) is 13.0. The lowest BCUT2D eigenvalue weighted by Gasteiger charge is -2.28. The summed E-state index contributed by atoms with van der Waals surface area (Å²) in [6.07, 6.45) is 5.05. The second-order valence-corrected chi connectivity index (χ2v) is 6.00. The highest BCUT2D eigenvalue weighted by Crippen LogP contribution is 2.32. The van der Waals surface area contributed by atoms with E-state index >= 15 is 0 Å². The molecule has 17 heavy (non-hydrogen) atoms. The number of halogens is 2. The number of hydrogen-bond acceptors (Lipinski definition) is 1. The summed E-state index contributed by atoms with van der Waals surface area (Å²) in [6, 6.07) is 4.41. The number of rotatable bonds is 2. The molecule has 1 nitrogen and oxygen atoms in total. The van der Waals surface area contributed by atoms with E-state index < -0.39 is 0 Å². The number of hydrogen-bond donors (Lipinski definition) is 1. The van der Waals surface area contributed by atoms with Crippen LogP contribution in [0.2, 0.25) is 10.0 Å². The third-order valence-corrected chi connectivity index (χ3v) is 4.34. The van der Waals surface area contributed by atoms with Crippen LogP contribution in [0.4, 0.5) is 5.69 Å². The quantitative estimate of drug-likeness (QED) is 0.771. The van der Waals surface area contributed by atoms with Gasteiger partial charge in [0.15, 0.2) is 0 Å². The van der Waals surface area contributed by atoms with Crippen LogP contribution in [0.15, 0.2) is 12.1 Å². The SMILES string of the molecule is Cc1cc(Cl)c(NC2CCC(C)CC2)cc1Cl. The first-order valence-corrected chi connectivity index (χ1v) is 7.04. The van der Waals surface area contributed by atoms with E-state index in [0.717, 1.165) is 27.2 Å². The summed E-state index contributed by atoms with van der Waals surface area (Å²) >= 11 is 12.4. The number of benzene rings is 1. The molecular weight excluding hydrogens is 253 g/mol. The Kier molecular flexibility index (Phi) is 4.22. The molecule has 0 unspecified atom stereocenters. The fourth-order valence-corrected chi connectivity index (χ4v) is 2.82. The van der Waals surface area contributed by atoms with E-state index in [0.29, 0.717) is 6.04 Å². The summed E-state index contributed by atoms with van der Waals surface area (Å²) in [6.45, 7) is 4.30. The van der Waals surface area contributed by atoms with Gasteiger partial charge in [-0.05, 0) is 56.2 Å². The predicted octanol–water partition coefficient (Wildman–Crippen LogP) is 5.29. The van der Waals surface area contributed by atoms with Crippen molar-refractivity contribution >= 4 is 28.9 Å². The van der Waals surface area contributed by atoms with E-state index in [1.807, 2.05) is 19.1 Å². The van der Waals surface area contributed by atoms with Crippen molar-refractivity contribution in [2.24, 2.45) is 5.92 Å². The van der Waals surface area contributed by atoms with Gasteiger partial charge in [0.25, 0.3) is 0 Å². The monoisotopic (exact) mass is 271 g/mol. The first-order chi connectivity index (χ1) is 8.06. The van der Waals surface area contributed by atoms with Crippen LogP contribution in [0.3, 0.4) is 0 Å². The molecular formula is C14H19Cl2N. The summed E-state index contributed by atoms with van der Waals surface area (Å²) in [5, 5.41) is 5.07. The molecule has 1 N–H and O–H groups in total. The molecule has 1 aliphatic rings. The van der Waals surface area contributed by atoms with Crippen molar-refractivity contribution in [2.45, 2.75) is 45.6 Å². The highest BCUT2D eigenvalue weighted by Gasteiger charge is 2.18. The molecule has 1 aliphatic carbocycles. The van der Waals surface area contributed by atoms with Crippen molar-refractivity contribution in [3.8, 4) is 0 Å². The molecule has 0 aliphatic heterocycles. The van der Waals surface area contributed by atoms with Gasteiger partial charge < -0.3 is 5.32 Å². The van der Waals surface area contributed by atoms with E-state index in [4.69, 9.17) is 23.2 Å². The number of anilines is 1. The van der Waals surface area contributed by atoms with Gasteiger partial charge in [-0.3, -0.25) is 0 Å². The van der Waals surface area contributed by atoms with Gasteiger partial charge in [-0.2, -0.15) is 0 Å². The largest absolute Gasteiger partial charge is 0.381 e. The zero-order chi connectivity index (χ0) is 12.4. The highest BCUT2D eigenvalue weighted by molar-refractivity contribution is 6.35. The molecule has 0 saturated heterocycles. The van der Waals surface area contributed by atoms with Gasteiger partial charge in [-0.15, -0.1) is 0 Å². The van der Waals surface area contributed by atoms with Gasteiger partial charge >= 0.3 is 0 Å².